The summed E-state index contributed by atoms with van der Waals surface area (Å²) in [5.41, 5.74) is 2.49. The van der Waals surface area contributed by atoms with Gasteiger partial charge in [0.15, 0.2) is 0 Å². The zero-order chi connectivity index (χ0) is 11.4. The fraction of sp³-hybridized carbons (Fsp3) is 0.500. The molecule has 2 N–H and O–H groups in total. The Balaban J connectivity index is 1.86. The molecule has 1 aromatic rings. The van der Waals surface area contributed by atoms with Gasteiger partial charge in [0.2, 0.25) is 5.91 Å². The maximum Gasteiger partial charge on any atom is 0.221 e. The predicted octanol–water partition coefficient (Wildman–Crippen LogP) is 0.795. The van der Waals surface area contributed by atoms with Crippen molar-refractivity contribution in [3.05, 3.63) is 29.6 Å². The number of hydrogen-bond donors (Lipinski definition) is 2. The number of carbonyl (C=O) groups excluding carboxylic acids is 1. The molecule has 2 rings (SSSR count). The van der Waals surface area contributed by atoms with Crippen LogP contribution < -0.4 is 10.6 Å². The minimum absolute atomic E-state index is 0.0757. The standard InChI is InChI=1S/C12H17N3O/c1-13-11(16)6-8-14-10-5-4-9-3-2-7-15-12(9)10/h2-3,7,10,14H,4-6,8H2,1H3,(H,13,16). The number of rotatable bonds is 4. The molecule has 0 fully saturated rings. The Kier molecular flexibility index (Phi) is 3.51. The third-order valence-electron chi connectivity index (χ3n) is 2.98. The number of nitrogens with one attached hydrogen (secondary N) is 2. The van der Waals surface area contributed by atoms with Gasteiger partial charge in [-0.05, 0) is 24.5 Å². The first-order valence-corrected chi connectivity index (χ1v) is 5.69. The highest BCUT2D eigenvalue weighted by atomic mass is 16.1. The summed E-state index contributed by atoms with van der Waals surface area (Å²) in [6.45, 7) is 0.709. The van der Waals surface area contributed by atoms with Gasteiger partial charge in [-0.25, -0.2) is 0 Å². The average Bonchev–Trinajstić information content (AvgIpc) is 2.73. The van der Waals surface area contributed by atoms with Crippen LogP contribution in [0.15, 0.2) is 18.3 Å². The van der Waals surface area contributed by atoms with Crippen LogP contribution in [0.2, 0.25) is 0 Å². The lowest BCUT2D eigenvalue weighted by atomic mass is 10.2. The van der Waals surface area contributed by atoms with E-state index in [1.807, 2.05) is 12.3 Å². The van der Waals surface area contributed by atoms with Crippen molar-refractivity contribution in [2.75, 3.05) is 13.6 Å². The second-order valence-electron chi connectivity index (χ2n) is 4.02. The van der Waals surface area contributed by atoms with Crippen molar-refractivity contribution in [3.8, 4) is 0 Å². The topological polar surface area (TPSA) is 54.0 Å². The molecule has 0 aromatic carbocycles. The normalized spacial score (nSPS) is 18.2. The summed E-state index contributed by atoms with van der Waals surface area (Å²) in [6, 6.07) is 4.43. The second-order valence-corrected chi connectivity index (χ2v) is 4.02. The number of aromatic nitrogens is 1. The molecule has 1 atom stereocenters. The van der Waals surface area contributed by atoms with E-state index in [-0.39, 0.29) is 5.91 Å². The summed E-state index contributed by atoms with van der Waals surface area (Å²) in [7, 11) is 1.66. The van der Waals surface area contributed by atoms with Crippen LogP contribution in [0.1, 0.15) is 30.1 Å². The molecule has 0 saturated carbocycles. The van der Waals surface area contributed by atoms with Gasteiger partial charge in [-0.3, -0.25) is 9.78 Å². The smallest absolute Gasteiger partial charge is 0.221 e. The quantitative estimate of drug-likeness (QED) is 0.787. The molecule has 16 heavy (non-hydrogen) atoms. The number of nitrogens with zero attached hydrogens (tertiary/aromatic N) is 1. The van der Waals surface area contributed by atoms with Crippen molar-refractivity contribution in [1.29, 1.82) is 0 Å². The molecule has 0 aliphatic heterocycles. The first-order chi connectivity index (χ1) is 7.81. The van der Waals surface area contributed by atoms with E-state index in [4.69, 9.17) is 0 Å². The lowest BCUT2D eigenvalue weighted by molar-refractivity contribution is -0.120. The van der Waals surface area contributed by atoms with E-state index in [9.17, 15) is 4.79 Å². The fourth-order valence-electron chi connectivity index (χ4n) is 2.10. The first kappa shape index (κ1) is 11.1. The summed E-state index contributed by atoms with van der Waals surface area (Å²) in [5.74, 6) is 0.0757. The Morgan fingerprint density at radius 1 is 1.62 bits per heavy atom. The molecule has 4 nitrogen and oxygen atoms in total. The molecule has 1 heterocycles. The van der Waals surface area contributed by atoms with E-state index in [2.05, 4.69) is 21.7 Å². The van der Waals surface area contributed by atoms with E-state index >= 15 is 0 Å². The van der Waals surface area contributed by atoms with Gasteiger partial charge in [0.05, 0.1) is 11.7 Å². The van der Waals surface area contributed by atoms with Crippen LogP contribution >= 0.6 is 0 Å². The number of fused-ring (bicyclic) bond motifs is 1. The van der Waals surface area contributed by atoms with Crippen molar-refractivity contribution >= 4 is 5.91 Å². The summed E-state index contributed by atoms with van der Waals surface area (Å²) in [6.07, 6.45) is 4.52. The average molecular weight is 219 g/mol. The molecule has 4 heteroatoms. The van der Waals surface area contributed by atoms with Crippen LogP contribution in [-0.2, 0) is 11.2 Å². The van der Waals surface area contributed by atoms with Crippen molar-refractivity contribution < 1.29 is 4.79 Å². The van der Waals surface area contributed by atoms with Crippen LogP contribution in [0.25, 0.3) is 0 Å². The molecule has 0 spiro atoms. The summed E-state index contributed by atoms with van der Waals surface area (Å²) in [4.78, 5) is 15.5. The molecule has 86 valence electrons. The summed E-state index contributed by atoms with van der Waals surface area (Å²) < 4.78 is 0. The predicted molar refractivity (Wildman–Crippen MR) is 62.0 cm³/mol. The minimum Gasteiger partial charge on any atom is -0.359 e. The highest BCUT2D eigenvalue weighted by Gasteiger charge is 2.22. The molecule has 0 bridgehead atoms. The Morgan fingerprint density at radius 3 is 3.31 bits per heavy atom. The van der Waals surface area contributed by atoms with E-state index < -0.39 is 0 Å². The zero-order valence-corrected chi connectivity index (χ0v) is 9.49. The first-order valence-electron chi connectivity index (χ1n) is 5.69. The van der Waals surface area contributed by atoms with Crippen LogP contribution in [0.3, 0.4) is 0 Å². The number of carbonyl (C=O) groups is 1. The Morgan fingerprint density at radius 2 is 2.50 bits per heavy atom. The Labute approximate surface area is 95.5 Å². The van der Waals surface area contributed by atoms with Gasteiger partial charge in [-0.1, -0.05) is 6.07 Å². The second kappa shape index (κ2) is 5.07. The van der Waals surface area contributed by atoms with E-state index in [1.165, 1.54) is 5.56 Å². The zero-order valence-electron chi connectivity index (χ0n) is 9.49. The Bertz CT molecular complexity index is 378. The van der Waals surface area contributed by atoms with Gasteiger partial charge in [0, 0.05) is 26.2 Å². The maximum absolute atomic E-state index is 11.1. The molecular formula is C12H17N3O. The van der Waals surface area contributed by atoms with Gasteiger partial charge in [-0.15, -0.1) is 0 Å². The molecule has 0 saturated heterocycles. The van der Waals surface area contributed by atoms with Gasteiger partial charge in [0.1, 0.15) is 0 Å². The van der Waals surface area contributed by atoms with E-state index in [0.29, 0.717) is 19.0 Å². The highest BCUT2D eigenvalue weighted by molar-refractivity contribution is 5.75. The molecule has 0 radical (unpaired) electrons. The lowest BCUT2D eigenvalue weighted by Crippen LogP contribution is -2.27. The van der Waals surface area contributed by atoms with Gasteiger partial charge in [0.25, 0.3) is 0 Å². The van der Waals surface area contributed by atoms with Crippen LogP contribution in [0.4, 0.5) is 0 Å². The molecule has 1 amide bonds. The van der Waals surface area contributed by atoms with Gasteiger partial charge >= 0.3 is 0 Å². The monoisotopic (exact) mass is 219 g/mol. The SMILES string of the molecule is CNC(=O)CCNC1CCc2cccnc21. The van der Waals surface area contributed by atoms with Crippen molar-refractivity contribution in [1.82, 2.24) is 15.6 Å². The maximum atomic E-state index is 11.1. The van der Waals surface area contributed by atoms with Gasteiger partial charge in [-0.2, -0.15) is 0 Å². The molecule has 1 aliphatic carbocycles. The van der Waals surface area contributed by atoms with Crippen molar-refractivity contribution in [2.24, 2.45) is 0 Å². The largest absolute Gasteiger partial charge is 0.359 e. The van der Waals surface area contributed by atoms with Crippen LogP contribution in [0, 0.1) is 0 Å². The van der Waals surface area contributed by atoms with E-state index in [0.717, 1.165) is 18.5 Å². The molecule has 1 aliphatic rings. The van der Waals surface area contributed by atoms with Crippen molar-refractivity contribution in [2.45, 2.75) is 25.3 Å². The van der Waals surface area contributed by atoms with Gasteiger partial charge < -0.3 is 10.6 Å². The summed E-state index contributed by atoms with van der Waals surface area (Å²) in [5, 5.41) is 5.99. The summed E-state index contributed by atoms with van der Waals surface area (Å²) >= 11 is 0. The Hall–Kier alpha value is -1.42. The number of pyridine rings is 1. The van der Waals surface area contributed by atoms with Crippen molar-refractivity contribution in [3.63, 3.8) is 0 Å². The lowest BCUT2D eigenvalue weighted by Gasteiger charge is -2.12. The molecular weight excluding hydrogens is 202 g/mol. The molecule has 1 unspecified atom stereocenters. The third-order valence-corrected chi connectivity index (χ3v) is 2.98. The van der Waals surface area contributed by atoms with Crippen LogP contribution in [-0.4, -0.2) is 24.5 Å². The fourth-order valence-corrected chi connectivity index (χ4v) is 2.10. The number of aryl methyl sites for hydroxylation is 1. The number of amides is 1. The van der Waals surface area contributed by atoms with E-state index in [1.54, 1.807) is 7.05 Å². The number of hydrogen-bond acceptors (Lipinski definition) is 3. The highest BCUT2D eigenvalue weighted by Crippen LogP contribution is 2.28. The van der Waals surface area contributed by atoms with Crippen LogP contribution in [0.5, 0.6) is 0 Å². The minimum atomic E-state index is 0.0757. The third kappa shape index (κ3) is 2.39. The molecule has 1 aromatic heterocycles.